The van der Waals surface area contributed by atoms with E-state index < -0.39 is 37.1 Å². The first-order valence-electron chi connectivity index (χ1n) is 9.11. The Labute approximate surface area is 140 Å². The van der Waals surface area contributed by atoms with E-state index in [1.54, 1.807) is 0 Å². The van der Waals surface area contributed by atoms with Gasteiger partial charge in [0.15, 0.2) is 5.78 Å². The van der Waals surface area contributed by atoms with Gasteiger partial charge in [-0.1, -0.05) is 64.7 Å². The predicted octanol–water partition coefficient (Wildman–Crippen LogP) is 2.19. The van der Waals surface area contributed by atoms with Crippen molar-refractivity contribution in [1.29, 1.82) is 0 Å². The number of aliphatic hydroxyl groups is 4. The Morgan fingerprint density at radius 3 is 1.57 bits per heavy atom. The zero-order chi connectivity index (χ0) is 17.6. The number of aliphatic hydroxyl groups excluding tert-OH is 4. The van der Waals surface area contributed by atoms with Gasteiger partial charge in [-0.2, -0.15) is 0 Å². The predicted molar refractivity (Wildman–Crippen MR) is 91.2 cm³/mol. The minimum Gasteiger partial charge on any atom is -0.395 e. The first kappa shape index (κ1) is 22.5. The second-order valence-corrected chi connectivity index (χ2v) is 6.64. The van der Waals surface area contributed by atoms with Crippen LogP contribution in [0, 0.1) is 5.41 Å². The van der Waals surface area contributed by atoms with E-state index in [0.717, 1.165) is 12.8 Å². The second kappa shape index (κ2) is 13.9. The Bertz CT molecular complexity index is 281. The van der Waals surface area contributed by atoms with Crippen molar-refractivity contribution in [3.63, 3.8) is 0 Å². The molecule has 1 atom stereocenters. The third-order valence-electron chi connectivity index (χ3n) is 4.61. The summed E-state index contributed by atoms with van der Waals surface area (Å²) < 4.78 is 0. The molecule has 0 saturated carbocycles. The Morgan fingerprint density at radius 2 is 1.17 bits per heavy atom. The van der Waals surface area contributed by atoms with E-state index >= 15 is 0 Å². The van der Waals surface area contributed by atoms with Crippen molar-refractivity contribution in [1.82, 2.24) is 0 Å². The van der Waals surface area contributed by atoms with Crippen molar-refractivity contribution in [3.05, 3.63) is 0 Å². The van der Waals surface area contributed by atoms with Gasteiger partial charge in [-0.25, -0.2) is 0 Å². The monoisotopic (exact) mass is 332 g/mol. The minimum absolute atomic E-state index is 0.222. The number of ketones is 1. The quantitative estimate of drug-likeness (QED) is 0.325. The zero-order valence-electron chi connectivity index (χ0n) is 14.7. The van der Waals surface area contributed by atoms with Crippen LogP contribution in [0.1, 0.15) is 77.6 Å². The summed E-state index contributed by atoms with van der Waals surface area (Å²) >= 11 is 0. The summed E-state index contributed by atoms with van der Waals surface area (Å²) in [6.45, 7) is 0.352. The maximum Gasteiger partial charge on any atom is 0.162 e. The highest BCUT2D eigenvalue weighted by Crippen LogP contribution is 2.23. The summed E-state index contributed by atoms with van der Waals surface area (Å²) in [5, 5.41) is 37.6. The largest absolute Gasteiger partial charge is 0.395 e. The van der Waals surface area contributed by atoms with Gasteiger partial charge in [0, 0.05) is 6.42 Å². The van der Waals surface area contributed by atoms with E-state index in [4.69, 9.17) is 0 Å². The van der Waals surface area contributed by atoms with Crippen LogP contribution < -0.4 is 0 Å². The summed E-state index contributed by atoms with van der Waals surface area (Å²) in [7, 11) is 0. The molecule has 0 bridgehead atoms. The topological polar surface area (TPSA) is 98.0 Å². The van der Waals surface area contributed by atoms with Gasteiger partial charge in [-0.3, -0.25) is 4.79 Å². The molecular weight excluding hydrogens is 296 g/mol. The molecule has 0 saturated heterocycles. The van der Waals surface area contributed by atoms with E-state index in [0.29, 0.717) is 6.42 Å². The van der Waals surface area contributed by atoms with Gasteiger partial charge in [-0.05, 0) is 6.42 Å². The molecule has 0 aromatic heterocycles. The highest BCUT2D eigenvalue weighted by molar-refractivity contribution is 5.83. The molecule has 5 heteroatoms. The van der Waals surface area contributed by atoms with Crippen molar-refractivity contribution in [2.75, 3.05) is 19.8 Å². The molecule has 0 fully saturated rings. The van der Waals surface area contributed by atoms with Gasteiger partial charge in [0.05, 0.1) is 25.2 Å². The SMILES string of the molecule is CCCCCCCCCCCCC(=O)C(O)C(CO)(CO)CO. The summed E-state index contributed by atoms with van der Waals surface area (Å²) in [6.07, 6.45) is 10.4. The Morgan fingerprint density at radius 1 is 0.783 bits per heavy atom. The van der Waals surface area contributed by atoms with Crippen LogP contribution >= 0.6 is 0 Å². The minimum atomic E-state index is -1.53. The Kier molecular flexibility index (Phi) is 13.6. The number of carbonyl (C=O) groups excluding carboxylic acids is 1. The lowest BCUT2D eigenvalue weighted by atomic mass is 9.81. The second-order valence-electron chi connectivity index (χ2n) is 6.64. The average Bonchev–Trinajstić information content (AvgIpc) is 2.58. The van der Waals surface area contributed by atoms with Gasteiger partial charge in [0.1, 0.15) is 6.10 Å². The summed E-state index contributed by atoms with van der Waals surface area (Å²) in [5.74, 6) is -0.415. The third kappa shape index (κ3) is 8.80. The molecule has 23 heavy (non-hydrogen) atoms. The summed E-state index contributed by atoms with van der Waals surface area (Å²) in [5.41, 5.74) is -1.53. The van der Waals surface area contributed by atoms with Crippen molar-refractivity contribution >= 4 is 5.78 Å². The Balaban J connectivity index is 3.74. The molecule has 0 aromatic carbocycles. The molecule has 0 aliphatic carbocycles. The molecular formula is C18H36O5. The van der Waals surface area contributed by atoms with E-state index in [1.165, 1.54) is 44.9 Å². The lowest BCUT2D eigenvalue weighted by Gasteiger charge is -2.31. The maximum absolute atomic E-state index is 11.9. The van der Waals surface area contributed by atoms with Gasteiger partial charge >= 0.3 is 0 Å². The van der Waals surface area contributed by atoms with Gasteiger partial charge in [0.2, 0.25) is 0 Å². The van der Waals surface area contributed by atoms with Crippen LogP contribution in [0.15, 0.2) is 0 Å². The van der Waals surface area contributed by atoms with E-state index in [1.807, 2.05) is 0 Å². The van der Waals surface area contributed by atoms with Crippen LogP contribution in [-0.2, 0) is 4.79 Å². The summed E-state index contributed by atoms with van der Waals surface area (Å²) in [4.78, 5) is 11.9. The zero-order valence-corrected chi connectivity index (χ0v) is 14.7. The number of Topliss-reactive ketones (excluding diaryl/α,β-unsaturated/α-hetero) is 1. The number of rotatable bonds is 16. The number of hydrogen-bond acceptors (Lipinski definition) is 5. The fraction of sp³-hybridized carbons (Fsp3) is 0.944. The molecule has 4 N–H and O–H groups in total. The number of unbranched alkanes of at least 4 members (excludes halogenated alkanes) is 9. The highest BCUT2D eigenvalue weighted by atomic mass is 16.3. The van der Waals surface area contributed by atoms with Crippen LogP contribution in [0.5, 0.6) is 0 Å². The summed E-state index contributed by atoms with van der Waals surface area (Å²) in [6, 6.07) is 0. The highest BCUT2D eigenvalue weighted by Gasteiger charge is 2.40. The van der Waals surface area contributed by atoms with E-state index in [9.17, 15) is 25.2 Å². The van der Waals surface area contributed by atoms with Crippen LogP contribution in [0.4, 0.5) is 0 Å². The van der Waals surface area contributed by atoms with Gasteiger partial charge in [0.25, 0.3) is 0 Å². The van der Waals surface area contributed by atoms with E-state index in [2.05, 4.69) is 6.92 Å². The first-order valence-corrected chi connectivity index (χ1v) is 9.11. The smallest absolute Gasteiger partial charge is 0.162 e. The van der Waals surface area contributed by atoms with Crippen LogP contribution in [0.25, 0.3) is 0 Å². The van der Waals surface area contributed by atoms with Crippen LogP contribution in [0.2, 0.25) is 0 Å². The normalized spacial score (nSPS) is 13.3. The van der Waals surface area contributed by atoms with Crippen LogP contribution in [0.3, 0.4) is 0 Å². The standard InChI is InChI=1S/C18H36O5/c1-2-3-4-5-6-7-8-9-10-11-12-16(22)17(23)18(13-19,14-20)15-21/h17,19-21,23H,2-15H2,1H3. The lowest BCUT2D eigenvalue weighted by molar-refractivity contribution is -0.144. The van der Waals surface area contributed by atoms with Crippen molar-refractivity contribution < 1.29 is 25.2 Å². The van der Waals surface area contributed by atoms with Crippen LogP contribution in [-0.4, -0.2) is 52.1 Å². The molecule has 0 aliphatic rings. The van der Waals surface area contributed by atoms with Gasteiger partial charge < -0.3 is 20.4 Å². The first-order chi connectivity index (χ1) is 11.1. The molecule has 0 amide bonds. The fourth-order valence-corrected chi connectivity index (χ4v) is 2.67. The van der Waals surface area contributed by atoms with E-state index in [-0.39, 0.29) is 6.42 Å². The van der Waals surface area contributed by atoms with Gasteiger partial charge in [-0.15, -0.1) is 0 Å². The Hall–Kier alpha value is -0.490. The molecule has 0 spiro atoms. The molecule has 1 unspecified atom stereocenters. The molecule has 138 valence electrons. The third-order valence-corrected chi connectivity index (χ3v) is 4.61. The molecule has 0 aromatic rings. The number of hydrogen-bond donors (Lipinski definition) is 4. The molecule has 0 heterocycles. The van der Waals surface area contributed by atoms with Crippen molar-refractivity contribution in [2.24, 2.45) is 5.41 Å². The molecule has 5 nitrogen and oxygen atoms in total. The fourth-order valence-electron chi connectivity index (χ4n) is 2.67. The number of carbonyl (C=O) groups is 1. The maximum atomic E-state index is 11.9. The average molecular weight is 332 g/mol. The molecule has 0 rings (SSSR count). The lowest BCUT2D eigenvalue weighted by Crippen LogP contribution is -2.49. The molecule has 0 radical (unpaired) electrons. The van der Waals surface area contributed by atoms with Crippen molar-refractivity contribution in [2.45, 2.75) is 83.7 Å². The van der Waals surface area contributed by atoms with Crippen molar-refractivity contribution in [3.8, 4) is 0 Å². The molecule has 0 aliphatic heterocycles.